The maximum absolute atomic E-state index is 15.4. The summed E-state index contributed by atoms with van der Waals surface area (Å²) < 4.78 is 13.9. The van der Waals surface area contributed by atoms with Crippen LogP contribution in [-0.4, -0.2) is 64.4 Å². The highest BCUT2D eigenvalue weighted by atomic mass is 35.5. The number of allylic oxidation sites excluding steroid dienone is 1. The van der Waals surface area contributed by atoms with Crippen molar-refractivity contribution in [3.8, 4) is 0 Å². The van der Waals surface area contributed by atoms with E-state index in [-0.39, 0.29) is 48.1 Å². The van der Waals surface area contributed by atoms with Gasteiger partial charge in [-0.2, -0.15) is 0 Å². The molecule has 3 heterocycles. The molecular formula is C26H34Cl2FN6O4S+. The van der Waals surface area contributed by atoms with Crippen molar-refractivity contribution in [3.63, 3.8) is 0 Å². The van der Waals surface area contributed by atoms with Gasteiger partial charge in [-0.15, -0.1) is 0 Å². The van der Waals surface area contributed by atoms with Crippen LogP contribution in [0.3, 0.4) is 0 Å². The summed E-state index contributed by atoms with van der Waals surface area (Å²) in [7, 11) is 1.73. The third-order valence-electron chi connectivity index (χ3n) is 7.63. The van der Waals surface area contributed by atoms with E-state index in [1.54, 1.807) is 32.1 Å². The first-order valence-electron chi connectivity index (χ1n) is 12.7. The minimum Gasteiger partial charge on any atom is -0.386 e. The Morgan fingerprint density at radius 2 is 1.95 bits per heavy atom. The van der Waals surface area contributed by atoms with Crippen LogP contribution in [0, 0.1) is 11.2 Å². The number of rotatable bonds is 5. The number of carbonyl (C=O) groups is 3. The topological polar surface area (TPSA) is 117 Å². The lowest BCUT2D eigenvalue weighted by atomic mass is 9.90. The van der Waals surface area contributed by atoms with Gasteiger partial charge < -0.3 is 15.9 Å². The average molecular weight is 617 g/mol. The van der Waals surface area contributed by atoms with Gasteiger partial charge in [0, 0.05) is 27.3 Å². The molecule has 0 bridgehead atoms. The lowest BCUT2D eigenvalue weighted by Gasteiger charge is -2.53. The van der Waals surface area contributed by atoms with Crippen molar-refractivity contribution in [1.82, 2.24) is 15.9 Å². The van der Waals surface area contributed by atoms with E-state index < -0.39 is 37.7 Å². The number of primary amides is 1. The fourth-order valence-electron chi connectivity index (χ4n) is 5.33. The third kappa shape index (κ3) is 4.83. The van der Waals surface area contributed by atoms with Crippen molar-refractivity contribution in [3.05, 3.63) is 50.9 Å². The van der Waals surface area contributed by atoms with E-state index in [4.69, 9.17) is 33.8 Å². The molecule has 10 nitrogen and oxygen atoms in total. The molecule has 4 N–H and O–H groups in total. The zero-order valence-electron chi connectivity index (χ0n) is 23.2. The molecule has 2 unspecified atom stereocenters. The number of hydrazine groups is 1. The summed E-state index contributed by atoms with van der Waals surface area (Å²) in [5.41, 5.74) is 7.01. The van der Waals surface area contributed by atoms with Gasteiger partial charge in [-0.1, -0.05) is 67.4 Å². The Labute approximate surface area is 247 Å². The monoisotopic (exact) mass is 615 g/mol. The number of anilines is 1. The molecule has 0 radical (unpaired) electrons. The normalized spacial score (nSPS) is 26.1. The van der Waals surface area contributed by atoms with Gasteiger partial charge in [-0.3, -0.25) is 14.7 Å². The van der Waals surface area contributed by atoms with Crippen LogP contribution in [-0.2, 0) is 14.4 Å². The van der Waals surface area contributed by atoms with E-state index in [0.717, 1.165) is 15.9 Å². The molecule has 0 saturated carbocycles. The quantitative estimate of drug-likeness (QED) is 0.335. The van der Waals surface area contributed by atoms with Gasteiger partial charge in [0.1, 0.15) is 18.9 Å². The Balaban J connectivity index is 1.98. The first-order chi connectivity index (χ1) is 18.5. The number of quaternary nitrogens is 1. The van der Waals surface area contributed by atoms with Crippen LogP contribution in [0.2, 0.25) is 10.0 Å². The molecular weight excluding hydrogens is 582 g/mol. The molecule has 1 fully saturated rings. The van der Waals surface area contributed by atoms with Crippen LogP contribution in [0.5, 0.6) is 0 Å². The molecule has 14 heteroatoms. The zero-order valence-corrected chi connectivity index (χ0v) is 25.6. The Morgan fingerprint density at radius 3 is 2.50 bits per heavy atom. The molecule has 0 aromatic heterocycles. The van der Waals surface area contributed by atoms with E-state index in [2.05, 4.69) is 10.9 Å². The van der Waals surface area contributed by atoms with Crippen molar-refractivity contribution in [1.29, 1.82) is 0 Å². The highest BCUT2D eigenvalue weighted by Gasteiger charge is 2.67. The molecule has 0 aliphatic carbocycles. The Hall–Kier alpha value is -2.51. The van der Waals surface area contributed by atoms with Crippen LogP contribution in [0.1, 0.15) is 41.0 Å². The number of nitrogens with one attached hydrogen (secondary N) is 2. The number of nitrogens with two attached hydrogens (primary N) is 1. The Bertz CT molecular complexity index is 1330. The summed E-state index contributed by atoms with van der Waals surface area (Å²) in [6.07, 6.45) is 3.64. The number of hydrogen-bond donors (Lipinski definition) is 3. The number of nitrogens with zero attached hydrogens (tertiary/aromatic N) is 3. The number of halogens is 3. The number of hydrogen-bond acceptors (Lipinski definition) is 7. The van der Waals surface area contributed by atoms with Gasteiger partial charge in [-0.05, 0) is 22.5 Å². The van der Waals surface area contributed by atoms with E-state index in [1.165, 1.54) is 17.8 Å². The highest BCUT2D eigenvalue weighted by Crippen LogP contribution is 2.55. The first-order valence-corrected chi connectivity index (χ1v) is 14.2. The molecule has 3 aliphatic rings. The fourth-order valence-corrected chi connectivity index (χ4v) is 7.27. The molecule has 218 valence electrons. The summed E-state index contributed by atoms with van der Waals surface area (Å²) in [5, 5.41) is 3.79. The lowest BCUT2D eigenvalue weighted by Crippen LogP contribution is -2.80. The van der Waals surface area contributed by atoms with Gasteiger partial charge in [0.25, 0.3) is 5.91 Å². The number of amides is 4. The van der Waals surface area contributed by atoms with E-state index >= 15 is 4.79 Å². The van der Waals surface area contributed by atoms with Gasteiger partial charge in [0.15, 0.2) is 11.3 Å². The zero-order chi connectivity index (χ0) is 29.8. The molecule has 4 rings (SSSR count). The molecule has 4 amide bonds. The fraction of sp³-hybridized carbons (Fsp3) is 0.500. The maximum atomic E-state index is 15.4. The summed E-state index contributed by atoms with van der Waals surface area (Å²) in [5.74, 6) is -1.15. The van der Waals surface area contributed by atoms with Crippen LogP contribution in [0.25, 0.3) is 0 Å². The first kappa shape index (κ1) is 30.4. The van der Waals surface area contributed by atoms with Crippen LogP contribution in [0.4, 0.5) is 14.9 Å². The second kappa shape index (κ2) is 10.4. The number of carbonyl (C=O) groups excluding carboxylic acids is 3. The third-order valence-corrected chi connectivity index (χ3v) is 10.3. The van der Waals surface area contributed by atoms with Crippen LogP contribution in [0.15, 0.2) is 35.1 Å². The number of thioether (sulfide) groups is 1. The predicted octanol–water partition coefficient (Wildman–Crippen LogP) is 4.26. The van der Waals surface area contributed by atoms with Crippen molar-refractivity contribution in [2.24, 2.45) is 11.1 Å². The van der Waals surface area contributed by atoms with Crippen molar-refractivity contribution in [2.75, 3.05) is 31.6 Å². The van der Waals surface area contributed by atoms with Gasteiger partial charge in [-0.25, -0.2) is 18.5 Å². The van der Waals surface area contributed by atoms with E-state index in [0.29, 0.717) is 5.76 Å². The maximum Gasteiger partial charge on any atom is 0.352 e. The standard InChI is InChI=1S/C26H33Cl2FN6O4S/c1-24(2,3)18-9-10-26(40-18,34(23(30)38)17-8-7-16(29)19(27)20(17)28)22(37)35(14-15-13-33(6)32-39-15)12-11-31-21(36)25(35,4)5/h7-9,13,32H,10-12,14H2,1-6H3,(H2-,30,31,36,38)/p+1. The van der Waals surface area contributed by atoms with Gasteiger partial charge in [0.2, 0.25) is 4.87 Å². The molecule has 1 aromatic carbocycles. The SMILES string of the molecule is CN1C=C(C[N+]2(C(=O)C3(N(C(N)=O)c4ccc(F)c(Cl)c4Cl)CC=C(C(C)(C)C)S3)CCNC(=O)C2(C)C)ON1. The molecule has 3 aliphatic heterocycles. The number of urea groups is 1. The van der Waals surface area contributed by atoms with Gasteiger partial charge >= 0.3 is 11.9 Å². The van der Waals surface area contributed by atoms with Crippen molar-refractivity contribution < 1.29 is 28.1 Å². The second-order valence-corrected chi connectivity index (χ2v) is 13.7. The predicted molar refractivity (Wildman–Crippen MR) is 153 cm³/mol. The van der Waals surface area contributed by atoms with Crippen molar-refractivity contribution in [2.45, 2.75) is 51.4 Å². The summed E-state index contributed by atoms with van der Waals surface area (Å²) in [4.78, 5) is 47.9. The molecule has 1 saturated heterocycles. The summed E-state index contributed by atoms with van der Waals surface area (Å²) >= 11 is 13.8. The lowest BCUT2D eigenvalue weighted by molar-refractivity contribution is -0.892. The minimum atomic E-state index is -1.69. The second-order valence-electron chi connectivity index (χ2n) is 11.6. The smallest absolute Gasteiger partial charge is 0.352 e. The minimum absolute atomic E-state index is 0.00820. The molecule has 0 spiro atoms. The average Bonchev–Trinajstić information content (AvgIpc) is 3.49. The highest BCUT2D eigenvalue weighted by molar-refractivity contribution is 8.05. The largest absolute Gasteiger partial charge is 0.386 e. The van der Waals surface area contributed by atoms with Crippen LogP contribution >= 0.6 is 35.0 Å². The Kier molecular flexibility index (Phi) is 7.91. The van der Waals surface area contributed by atoms with Crippen molar-refractivity contribution >= 4 is 58.5 Å². The molecule has 2 atom stereocenters. The number of piperazine rings is 1. The molecule has 40 heavy (non-hydrogen) atoms. The van der Waals surface area contributed by atoms with Gasteiger partial charge in [0.05, 0.1) is 28.5 Å². The summed E-state index contributed by atoms with van der Waals surface area (Å²) in [6.45, 7) is 9.78. The molecule has 1 aromatic rings. The van der Waals surface area contributed by atoms with E-state index in [1.807, 2.05) is 26.8 Å². The van der Waals surface area contributed by atoms with E-state index in [9.17, 15) is 14.0 Å². The summed E-state index contributed by atoms with van der Waals surface area (Å²) in [6, 6.07) is 1.36. The van der Waals surface area contributed by atoms with Crippen LogP contribution < -0.4 is 21.5 Å². The Morgan fingerprint density at radius 1 is 1.27 bits per heavy atom. The number of benzene rings is 1.